The molecule has 5 nitrogen and oxygen atoms in total. The third-order valence-corrected chi connectivity index (χ3v) is 9.83. The summed E-state index contributed by atoms with van der Waals surface area (Å²) in [7, 11) is 0. The lowest BCUT2D eigenvalue weighted by atomic mass is 9.78. The highest BCUT2D eigenvalue weighted by atomic mass is 32.1. The highest BCUT2D eigenvalue weighted by Gasteiger charge is 2.51. The molecule has 2 aromatic heterocycles. The molecule has 5 heterocycles. The predicted octanol–water partition coefficient (Wildman–Crippen LogP) is 6.35. The number of aromatic nitrogens is 1. The molecular formula is C29H35N2O3S+. The molecule has 4 aliphatic rings. The van der Waals surface area contributed by atoms with E-state index in [4.69, 9.17) is 9.26 Å². The van der Waals surface area contributed by atoms with Crippen LogP contribution in [0.25, 0.3) is 11.3 Å². The van der Waals surface area contributed by atoms with Gasteiger partial charge in [-0.2, -0.15) is 0 Å². The molecule has 4 fully saturated rings. The zero-order valence-electron chi connectivity index (χ0n) is 20.4. The molecule has 184 valence electrons. The Kier molecular flexibility index (Phi) is 6.27. The fraction of sp³-hybridized carbons (Fsp3) is 0.517. The number of fused-ring (bicyclic) bond motifs is 3. The molecule has 6 heteroatoms. The van der Waals surface area contributed by atoms with Gasteiger partial charge in [0, 0.05) is 35.3 Å². The minimum Gasteiger partial charge on any atom is -0.455 e. The van der Waals surface area contributed by atoms with E-state index in [1.807, 2.05) is 18.2 Å². The summed E-state index contributed by atoms with van der Waals surface area (Å²) in [6.45, 7) is 3.95. The van der Waals surface area contributed by atoms with Crippen LogP contribution in [-0.2, 0) is 21.5 Å². The highest BCUT2D eigenvalue weighted by Crippen LogP contribution is 2.44. The number of esters is 1. The molecule has 0 N–H and O–H groups in total. The quantitative estimate of drug-likeness (QED) is 0.229. The molecule has 0 spiro atoms. The molecule has 1 aliphatic carbocycles. The van der Waals surface area contributed by atoms with Crippen molar-refractivity contribution in [2.24, 2.45) is 5.92 Å². The van der Waals surface area contributed by atoms with Gasteiger partial charge >= 0.3 is 5.97 Å². The van der Waals surface area contributed by atoms with E-state index in [2.05, 4.69) is 40.9 Å². The number of piperidine rings is 3. The number of hydrogen-bond acceptors (Lipinski definition) is 5. The minimum atomic E-state index is -0.447. The number of hydrogen-bond donors (Lipinski definition) is 0. The first-order valence-corrected chi connectivity index (χ1v) is 14.2. The second-order valence-corrected chi connectivity index (χ2v) is 11.9. The first-order chi connectivity index (χ1) is 17.2. The first-order valence-electron chi connectivity index (χ1n) is 13.3. The number of ether oxygens (including phenoxy) is 1. The topological polar surface area (TPSA) is 52.3 Å². The number of carbonyl (C=O) groups is 1. The van der Waals surface area contributed by atoms with Gasteiger partial charge in [-0.1, -0.05) is 67.2 Å². The van der Waals surface area contributed by atoms with Gasteiger partial charge in [0.05, 0.1) is 13.1 Å². The molecular weight excluding hydrogens is 456 g/mol. The Morgan fingerprint density at radius 2 is 1.83 bits per heavy atom. The van der Waals surface area contributed by atoms with E-state index >= 15 is 0 Å². The van der Waals surface area contributed by atoms with Crippen LogP contribution in [0.1, 0.15) is 62.0 Å². The Labute approximate surface area is 211 Å². The van der Waals surface area contributed by atoms with Crippen molar-refractivity contribution in [1.82, 2.24) is 5.16 Å². The second-order valence-electron chi connectivity index (χ2n) is 10.9. The Hall–Kier alpha value is -2.44. The minimum absolute atomic E-state index is 0.00149. The molecule has 1 saturated carbocycles. The smallest absolute Gasteiger partial charge is 0.317 e. The normalized spacial score (nSPS) is 27.9. The van der Waals surface area contributed by atoms with Crippen molar-refractivity contribution in [1.29, 1.82) is 0 Å². The predicted molar refractivity (Wildman–Crippen MR) is 137 cm³/mol. The number of carbonyl (C=O) groups excluding carboxylic acids is 1. The maximum atomic E-state index is 13.9. The first kappa shape index (κ1) is 23.0. The molecule has 7 rings (SSSR count). The summed E-state index contributed by atoms with van der Waals surface area (Å²) >= 11 is 1.72. The maximum Gasteiger partial charge on any atom is 0.317 e. The van der Waals surface area contributed by atoms with Gasteiger partial charge in [0.15, 0.2) is 11.9 Å². The standard InChI is InChI=1S/C29H35N2O3S/c32-28(29(27-11-8-18-35-27)14-6-1-2-7-15-29)33-26-21-31(16-12-23(26)13-17-31)20-24-19-25(30-34-24)22-9-4-3-5-10-22/h3-5,8-11,18-19,23,26H,1-2,6-7,12-17,20-21H2/q+1/t23?,26-,31?/m0/s1. The van der Waals surface area contributed by atoms with E-state index in [1.165, 1.54) is 17.7 Å². The van der Waals surface area contributed by atoms with Gasteiger partial charge in [0.25, 0.3) is 0 Å². The molecule has 35 heavy (non-hydrogen) atoms. The van der Waals surface area contributed by atoms with Crippen molar-refractivity contribution < 1.29 is 18.5 Å². The molecule has 2 bridgehead atoms. The van der Waals surface area contributed by atoms with Crippen LogP contribution in [0.5, 0.6) is 0 Å². The van der Waals surface area contributed by atoms with Crippen molar-refractivity contribution >= 4 is 17.3 Å². The van der Waals surface area contributed by atoms with Gasteiger partial charge in [-0.05, 0) is 24.3 Å². The SMILES string of the molecule is O=C(O[C@H]1C[N+]2(Cc3cc(-c4ccccc4)no3)CCC1CC2)C1(c2cccs2)CCCCCC1. The van der Waals surface area contributed by atoms with E-state index < -0.39 is 5.41 Å². The summed E-state index contributed by atoms with van der Waals surface area (Å²) in [5.41, 5.74) is 1.52. The summed E-state index contributed by atoms with van der Waals surface area (Å²) < 4.78 is 13.2. The average molecular weight is 492 g/mol. The van der Waals surface area contributed by atoms with Gasteiger partial charge in [-0.15, -0.1) is 11.3 Å². The van der Waals surface area contributed by atoms with Crippen molar-refractivity contribution in [3.8, 4) is 11.3 Å². The summed E-state index contributed by atoms with van der Waals surface area (Å²) in [6.07, 6.45) is 8.72. The summed E-state index contributed by atoms with van der Waals surface area (Å²) in [4.78, 5) is 15.1. The summed E-state index contributed by atoms with van der Waals surface area (Å²) in [6, 6.07) is 16.5. The number of rotatable bonds is 6. The second kappa shape index (κ2) is 9.55. The van der Waals surface area contributed by atoms with Gasteiger partial charge in [0.2, 0.25) is 0 Å². The van der Waals surface area contributed by atoms with Crippen molar-refractivity contribution in [2.45, 2.75) is 69.4 Å². The van der Waals surface area contributed by atoms with Crippen molar-refractivity contribution in [3.05, 3.63) is 64.5 Å². The number of thiophene rings is 1. The highest BCUT2D eigenvalue weighted by molar-refractivity contribution is 7.10. The van der Waals surface area contributed by atoms with Gasteiger partial charge < -0.3 is 13.7 Å². The van der Waals surface area contributed by atoms with Crippen molar-refractivity contribution in [3.63, 3.8) is 0 Å². The zero-order valence-corrected chi connectivity index (χ0v) is 21.2. The Balaban J connectivity index is 1.19. The van der Waals surface area contributed by atoms with Crippen LogP contribution < -0.4 is 0 Å². The maximum absolute atomic E-state index is 13.9. The van der Waals surface area contributed by atoms with Gasteiger partial charge in [0.1, 0.15) is 24.2 Å². The lowest BCUT2D eigenvalue weighted by Crippen LogP contribution is -2.64. The third-order valence-electron chi connectivity index (χ3n) is 8.76. The van der Waals surface area contributed by atoms with Crippen molar-refractivity contribution in [2.75, 3.05) is 19.6 Å². The van der Waals surface area contributed by atoms with E-state index in [9.17, 15) is 4.79 Å². The van der Waals surface area contributed by atoms with E-state index in [0.29, 0.717) is 5.92 Å². The number of quaternary nitrogens is 1. The Morgan fingerprint density at radius 3 is 2.54 bits per heavy atom. The number of benzene rings is 1. The molecule has 0 unspecified atom stereocenters. The Bertz CT molecular complexity index is 1120. The van der Waals surface area contributed by atoms with Crippen LogP contribution in [0.4, 0.5) is 0 Å². The van der Waals surface area contributed by atoms with Gasteiger partial charge in [-0.3, -0.25) is 4.79 Å². The molecule has 0 amide bonds. The Morgan fingerprint density at radius 1 is 1.06 bits per heavy atom. The van der Waals surface area contributed by atoms with Crippen LogP contribution in [-0.4, -0.2) is 41.3 Å². The van der Waals surface area contributed by atoms with E-state index in [-0.39, 0.29) is 12.1 Å². The third kappa shape index (κ3) is 4.47. The van der Waals surface area contributed by atoms with Crippen LogP contribution in [0, 0.1) is 5.92 Å². The molecule has 1 aromatic carbocycles. The monoisotopic (exact) mass is 491 g/mol. The van der Waals surface area contributed by atoms with Crippen LogP contribution in [0.3, 0.4) is 0 Å². The fourth-order valence-corrected chi connectivity index (χ4v) is 7.70. The molecule has 3 aromatic rings. The van der Waals surface area contributed by atoms with E-state index in [1.54, 1.807) is 11.3 Å². The summed E-state index contributed by atoms with van der Waals surface area (Å²) in [5.74, 6) is 1.44. The molecule has 3 aliphatic heterocycles. The largest absolute Gasteiger partial charge is 0.455 e. The lowest BCUT2D eigenvalue weighted by molar-refractivity contribution is -0.959. The van der Waals surface area contributed by atoms with Gasteiger partial charge in [-0.25, -0.2) is 0 Å². The zero-order chi connectivity index (χ0) is 23.7. The molecule has 3 saturated heterocycles. The lowest BCUT2D eigenvalue weighted by Gasteiger charge is -2.52. The number of nitrogens with zero attached hydrogens (tertiary/aromatic N) is 2. The fourth-order valence-electron chi connectivity index (χ4n) is 6.72. The summed E-state index contributed by atoms with van der Waals surface area (Å²) in [5, 5.41) is 6.44. The molecule has 1 atom stereocenters. The van der Waals surface area contributed by atoms with E-state index in [0.717, 1.165) is 86.2 Å². The average Bonchev–Trinajstić information content (AvgIpc) is 3.53. The van der Waals surface area contributed by atoms with Crippen LogP contribution in [0.2, 0.25) is 0 Å². The van der Waals surface area contributed by atoms with Crippen LogP contribution in [0.15, 0.2) is 58.4 Å². The van der Waals surface area contributed by atoms with Crippen LogP contribution >= 0.6 is 11.3 Å². The molecule has 0 radical (unpaired) electrons.